The van der Waals surface area contributed by atoms with Gasteiger partial charge in [0, 0.05) is 46.0 Å². The van der Waals surface area contributed by atoms with Crippen molar-refractivity contribution < 1.29 is 33.3 Å². The highest BCUT2D eigenvalue weighted by Crippen LogP contribution is 2.33. The van der Waals surface area contributed by atoms with Crippen molar-refractivity contribution in [2.75, 3.05) is 47.0 Å². The zero-order valence-corrected chi connectivity index (χ0v) is 26.6. The number of carbonyl (C=O) groups is 3. The van der Waals surface area contributed by atoms with Crippen LogP contribution in [0.15, 0.2) is 55.0 Å². The van der Waals surface area contributed by atoms with Crippen LogP contribution in [0.1, 0.15) is 46.4 Å². The Balaban J connectivity index is 1.41. The molecule has 12 nitrogen and oxygen atoms in total. The molecule has 1 aromatic heterocycles. The molecule has 4 bridgehead atoms. The molecule has 46 heavy (non-hydrogen) atoms. The molecule has 0 aliphatic carbocycles. The second-order valence-corrected chi connectivity index (χ2v) is 11.5. The Morgan fingerprint density at radius 3 is 2.78 bits per heavy atom. The first-order valence-electron chi connectivity index (χ1n) is 15.5. The lowest BCUT2D eigenvalue weighted by atomic mass is 10.0. The molecule has 0 unspecified atom stereocenters. The van der Waals surface area contributed by atoms with Gasteiger partial charge in [-0.25, -0.2) is 9.97 Å². The number of aryl methyl sites for hydroxylation is 2. The molecule has 6 rings (SSSR count). The number of methoxy groups -OCH3 is 2. The van der Waals surface area contributed by atoms with Crippen LogP contribution in [-0.2, 0) is 32.1 Å². The molecule has 1 saturated heterocycles. The monoisotopic (exact) mass is 631 g/mol. The second kappa shape index (κ2) is 15.6. The molecule has 2 aromatic carbocycles. The molecule has 0 radical (unpaired) electrons. The Kier molecular flexibility index (Phi) is 11.2. The van der Waals surface area contributed by atoms with Crippen LogP contribution in [0, 0.1) is 6.92 Å². The first kappa shape index (κ1) is 32.8. The SMILES string of the molecule is COCCCN1CC(=O)N[C@H]2CN(C(=O)c3cncnc3C)CC[C@H]2OCc2cccc(c2)Oc2ccc(cc2OC)CCC1=O. The summed E-state index contributed by atoms with van der Waals surface area (Å²) in [5.41, 5.74) is 2.80. The highest BCUT2D eigenvalue weighted by Gasteiger charge is 2.35. The van der Waals surface area contributed by atoms with Crippen molar-refractivity contribution in [1.82, 2.24) is 25.1 Å². The number of piperidine rings is 1. The minimum absolute atomic E-state index is 0.122. The van der Waals surface area contributed by atoms with Crippen LogP contribution in [0.25, 0.3) is 0 Å². The predicted molar refractivity (Wildman–Crippen MR) is 169 cm³/mol. The minimum atomic E-state index is -0.507. The number of carbonyl (C=O) groups excluding carboxylic acids is 3. The van der Waals surface area contributed by atoms with Gasteiger partial charge in [-0.05, 0) is 61.6 Å². The van der Waals surface area contributed by atoms with E-state index in [1.807, 2.05) is 42.5 Å². The van der Waals surface area contributed by atoms with E-state index in [0.29, 0.717) is 67.5 Å². The van der Waals surface area contributed by atoms with Crippen molar-refractivity contribution in [3.8, 4) is 17.2 Å². The summed E-state index contributed by atoms with van der Waals surface area (Å²) >= 11 is 0. The normalized spacial score (nSPS) is 19.3. The van der Waals surface area contributed by atoms with E-state index in [9.17, 15) is 14.4 Å². The van der Waals surface area contributed by atoms with E-state index in [0.717, 1.165) is 11.1 Å². The number of nitrogens with zero attached hydrogens (tertiary/aromatic N) is 4. The molecular weight excluding hydrogens is 590 g/mol. The number of ether oxygens (including phenoxy) is 4. The highest BCUT2D eigenvalue weighted by molar-refractivity contribution is 5.95. The number of hydrogen-bond donors (Lipinski definition) is 1. The maximum atomic E-state index is 13.5. The lowest BCUT2D eigenvalue weighted by Crippen LogP contribution is -2.58. The molecule has 3 aromatic rings. The van der Waals surface area contributed by atoms with Crippen LogP contribution in [0.4, 0.5) is 0 Å². The van der Waals surface area contributed by atoms with E-state index in [-0.39, 0.29) is 49.9 Å². The lowest BCUT2D eigenvalue weighted by Gasteiger charge is -2.39. The smallest absolute Gasteiger partial charge is 0.257 e. The third-order valence-corrected chi connectivity index (χ3v) is 8.23. The number of hydrogen-bond acceptors (Lipinski definition) is 9. The number of aromatic nitrogens is 2. The van der Waals surface area contributed by atoms with Gasteiger partial charge in [-0.3, -0.25) is 14.4 Å². The van der Waals surface area contributed by atoms with Crippen LogP contribution in [0.5, 0.6) is 17.2 Å². The van der Waals surface area contributed by atoms with E-state index in [1.165, 1.54) is 12.5 Å². The summed E-state index contributed by atoms with van der Waals surface area (Å²) in [5, 5.41) is 3.09. The van der Waals surface area contributed by atoms with Crippen LogP contribution < -0.4 is 14.8 Å². The van der Waals surface area contributed by atoms with Crippen LogP contribution in [-0.4, -0.2) is 96.6 Å². The Morgan fingerprint density at radius 2 is 1.98 bits per heavy atom. The molecule has 3 amide bonds. The van der Waals surface area contributed by atoms with E-state index >= 15 is 0 Å². The summed E-state index contributed by atoms with van der Waals surface area (Å²) in [5.74, 6) is 1.06. The highest BCUT2D eigenvalue weighted by atomic mass is 16.5. The largest absolute Gasteiger partial charge is 0.493 e. The van der Waals surface area contributed by atoms with Gasteiger partial charge in [0.1, 0.15) is 12.1 Å². The molecule has 0 saturated carbocycles. The Hall–Kier alpha value is -4.55. The summed E-state index contributed by atoms with van der Waals surface area (Å²) in [6.07, 6.45) is 4.30. The zero-order valence-electron chi connectivity index (χ0n) is 26.6. The first-order valence-corrected chi connectivity index (χ1v) is 15.5. The van der Waals surface area contributed by atoms with Crippen molar-refractivity contribution in [3.63, 3.8) is 0 Å². The van der Waals surface area contributed by atoms with Gasteiger partial charge in [0.25, 0.3) is 5.91 Å². The van der Waals surface area contributed by atoms with Gasteiger partial charge in [0.15, 0.2) is 11.5 Å². The Labute approximate surface area is 269 Å². The number of amides is 3. The summed E-state index contributed by atoms with van der Waals surface area (Å²) in [6, 6.07) is 12.7. The summed E-state index contributed by atoms with van der Waals surface area (Å²) in [4.78, 5) is 51.9. The van der Waals surface area contributed by atoms with Gasteiger partial charge >= 0.3 is 0 Å². The Morgan fingerprint density at radius 1 is 1.11 bits per heavy atom. The molecular formula is C34H41N5O7. The topological polar surface area (TPSA) is 132 Å². The molecule has 12 heteroatoms. The van der Waals surface area contributed by atoms with E-state index in [2.05, 4.69) is 15.3 Å². The van der Waals surface area contributed by atoms with E-state index in [4.69, 9.17) is 18.9 Å². The molecule has 4 heterocycles. The van der Waals surface area contributed by atoms with Gasteiger partial charge in [-0.2, -0.15) is 0 Å². The third kappa shape index (κ3) is 8.38. The zero-order chi connectivity index (χ0) is 32.5. The van der Waals surface area contributed by atoms with Gasteiger partial charge in [0.05, 0.1) is 43.7 Å². The molecule has 0 spiro atoms. The molecule has 1 N–H and O–H groups in total. The van der Waals surface area contributed by atoms with Crippen molar-refractivity contribution in [2.45, 2.75) is 51.4 Å². The van der Waals surface area contributed by atoms with Gasteiger partial charge < -0.3 is 34.1 Å². The number of rotatable bonds is 6. The average molecular weight is 632 g/mol. The molecule has 3 aliphatic rings. The van der Waals surface area contributed by atoms with Gasteiger partial charge in [-0.1, -0.05) is 18.2 Å². The Bertz CT molecular complexity index is 1530. The van der Waals surface area contributed by atoms with Crippen molar-refractivity contribution in [3.05, 3.63) is 77.4 Å². The van der Waals surface area contributed by atoms with Crippen molar-refractivity contribution in [2.24, 2.45) is 0 Å². The summed E-state index contributed by atoms with van der Waals surface area (Å²) < 4.78 is 23.4. The number of likely N-dealkylation sites (tertiary alicyclic amines) is 1. The summed E-state index contributed by atoms with van der Waals surface area (Å²) in [6.45, 7) is 3.41. The second-order valence-electron chi connectivity index (χ2n) is 11.5. The molecule has 1 fully saturated rings. The standard InChI is InChI=1S/C34H41N5O7/c1-23-27(18-35-22-36-23)34(42)39-14-12-29-28(19-39)37-32(40)20-38(13-5-15-43-2)33(41)11-9-24-8-10-30(31(17-24)44-3)46-26-7-4-6-25(16-26)21-45-29/h4,6-8,10,16-18,22,28-29H,5,9,11-15,19-21H2,1-3H3,(H,37,40)/t28-,29+/m0/s1. The van der Waals surface area contributed by atoms with E-state index < -0.39 is 6.04 Å². The quantitative estimate of drug-likeness (QED) is 0.407. The van der Waals surface area contributed by atoms with Crippen molar-refractivity contribution in [1.29, 1.82) is 0 Å². The predicted octanol–water partition coefficient (Wildman–Crippen LogP) is 3.31. The van der Waals surface area contributed by atoms with Crippen LogP contribution >= 0.6 is 0 Å². The maximum absolute atomic E-state index is 13.5. The molecule has 3 aliphatic heterocycles. The van der Waals surface area contributed by atoms with Crippen molar-refractivity contribution >= 4 is 17.7 Å². The summed E-state index contributed by atoms with van der Waals surface area (Å²) in [7, 11) is 3.18. The van der Waals surface area contributed by atoms with Gasteiger partial charge in [-0.15, -0.1) is 0 Å². The first-order chi connectivity index (χ1) is 22.3. The third-order valence-electron chi connectivity index (χ3n) is 8.23. The fourth-order valence-corrected chi connectivity index (χ4v) is 5.73. The fraction of sp³-hybridized carbons (Fsp3) is 0.441. The van der Waals surface area contributed by atoms with Crippen LogP contribution in [0.2, 0.25) is 0 Å². The van der Waals surface area contributed by atoms with E-state index in [1.54, 1.807) is 30.9 Å². The number of fused-ring (bicyclic) bond motifs is 9. The average Bonchev–Trinajstić information content (AvgIpc) is 3.06. The maximum Gasteiger partial charge on any atom is 0.257 e. The van der Waals surface area contributed by atoms with Gasteiger partial charge in [0.2, 0.25) is 11.8 Å². The fourth-order valence-electron chi connectivity index (χ4n) is 5.73. The van der Waals surface area contributed by atoms with Crippen LogP contribution in [0.3, 0.4) is 0 Å². The number of nitrogens with one attached hydrogen (secondary N) is 1. The lowest BCUT2D eigenvalue weighted by molar-refractivity contribution is -0.137. The minimum Gasteiger partial charge on any atom is -0.493 e. The molecule has 244 valence electrons. The molecule has 2 atom stereocenters. The number of benzene rings is 2.